The molecule has 1 aromatic rings. The van der Waals surface area contributed by atoms with Gasteiger partial charge in [0, 0.05) is 31.4 Å². The fourth-order valence-electron chi connectivity index (χ4n) is 3.95. The molecule has 0 saturated heterocycles. The number of hydrogen-bond acceptors (Lipinski definition) is 5. The molecule has 166 valence electrons. The standard InChI is InChI=1S/C21H21F3N2O4S/c22-18-10-15(2-1-14-9-17(14)18)31(29,30)16-3-4-19(20(11-16)26(27)28)25-12-13-5-7-21(23,24)8-6-13/h1-4,10-11,13-14,25H,5-9,12H2. The van der Waals surface area contributed by atoms with Crippen LogP contribution in [0.5, 0.6) is 0 Å². The molecular weight excluding hydrogens is 433 g/mol. The molecule has 0 amide bonds. The molecule has 10 heteroatoms. The van der Waals surface area contributed by atoms with Crippen LogP contribution in [0.1, 0.15) is 32.1 Å². The van der Waals surface area contributed by atoms with Crippen molar-refractivity contribution in [2.24, 2.45) is 11.8 Å². The van der Waals surface area contributed by atoms with Crippen molar-refractivity contribution in [1.29, 1.82) is 0 Å². The van der Waals surface area contributed by atoms with Gasteiger partial charge in [0.15, 0.2) is 0 Å². The molecule has 3 aliphatic carbocycles. The maximum absolute atomic E-state index is 14.1. The second-order valence-corrected chi connectivity index (χ2v) is 10.2. The summed E-state index contributed by atoms with van der Waals surface area (Å²) in [5.41, 5.74) is 0.218. The molecule has 3 aliphatic rings. The molecule has 6 nitrogen and oxygen atoms in total. The van der Waals surface area contributed by atoms with Crippen molar-refractivity contribution in [1.82, 2.24) is 0 Å². The summed E-state index contributed by atoms with van der Waals surface area (Å²) in [5.74, 6) is -3.38. The number of hydrogen-bond donors (Lipinski definition) is 1. The van der Waals surface area contributed by atoms with E-state index < -0.39 is 32.2 Å². The van der Waals surface area contributed by atoms with Gasteiger partial charge in [-0.05, 0) is 55.0 Å². The highest BCUT2D eigenvalue weighted by Gasteiger charge is 2.36. The van der Waals surface area contributed by atoms with Gasteiger partial charge in [0.05, 0.1) is 14.7 Å². The number of nitrogens with one attached hydrogen (secondary N) is 1. The van der Waals surface area contributed by atoms with Crippen LogP contribution < -0.4 is 5.32 Å². The summed E-state index contributed by atoms with van der Waals surface area (Å²) >= 11 is 0. The van der Waals surface area contributed by atoms with E-state index >= 15 is 0 Å². The zero-order valence-electron chi connectivity index (χ0n) is 16.5. The summed E-state index contributed by atoms with van der Waals surface area (Å²) in [4.78, 5) is 10.3. The maximum Gasteiger partial charge on any atom is 0.293 e. The topological polar surface area (TPSA) is 89.3 Å². The second kappa shape index (κ2) is 7.81. The van der Waals surface area contributed by atoms with E-state index in [-0.39, 0.29) is 46.7 Å². The molecule has 1 unspecified atom stereocenters. The summed E-state index contributed by atoms with van der Waals surface area (Å²) in [6, 6.07) is 3.46. The van der Waals surface area contributed by atoms with E-state index in [1.54, 1.807) is 6.08 Å². The average Bonchev–Trinajstić information content (AvgIpc) is 3.50. The van der Waals surface area contributed by atoms with Crippen LogP contribution in [0.15, 0.2) is 57.6 Å². The first-order valence-electron chi connectivity index (χ1n) is 10.0. The van der Waals surface area contributed by atoms with Crippen LogP contribution in [0.4, 0.5) is 24.5 Å². The smallest absolute Gasteiger partial charge is 0.293 e. The van der Waals surface area contributed by atoms with Gasteiger partial charge in [0.2, 0.25) is 15.8 Å². The Labute approximate surface area is 177 Å². The summed E-state index contributed by atoms with van der Waals surface area (Å²) in [6.45, 7) is 0.275. The molecule has 4 rings (SSSR count). The second-order valence-electron chi connectivity index (χ2n) is 8.21. The first kappa shape index (κ1) is 21.6. The number of fused-ring (bicyclic) bond motifs is 1. The lowest BCUT2D eigenvalue weighted by Gasteiger charge is -2.28. The Balaban J connectivity index is 1.55. The van der Waals surface area contributed by atoms with Crippen molar-refractivity contribution in [3.63, 3.8) is 0 Å². The van der Waals surface area contributed by atoms with Gasteiger partial charge in [0.25, 0.3) is 5.69 Å². The number of nitro groups is 1. The number of allylic oxidation sites excluding steroid dienone is 5. The van der Waals surface area contributed by atoms with Gasteiger partial charge in [-0.3, -0.25) is 10.1 Å². The molecule has 1 aromatic carbocycles. The van der Waals surface area contributed by atoms with Gasteiger partial charge in [-0.15, -0.1) is 0 Å². The van der Waals surface area contributed by atoms with E-state index in [2.05, 4.69) is 5.32 Å². The molecule has 1 N–H and O–H groups in total. The average molecular weight is 454 g/mol. The Morgan fingerprint density at radius 3 is 2.61 bits per heavy atom. The quantitative estimate of drug-likeness (QED) is 0.465. The summed E-state index contributed by atoms with van der Waals surface area (Å²) < 4.78 is 66.6. The van der Waals surface area contributed by atoms with E-state index in [9.17, 15) is 31.7 Å². The minimum Gasteiger partial charge on any atom is -0.379 e. The lowest BCUT2D eigenvalue weighted by Crippen LogP contribution is -2.28. The number of nitro benzene ring substituents is 1. The van der Waals surface area contributed by atoms with E-state index in [0.29, 0.717) is 24.8 Å². The largest absolute Gasteiger partial charge is 0.379 e. The normalized spacial score (nSPS) is 23.1. The van der Waals surface area contributed by atoms with Gasteiger partial charge < -0.3 is 5.32 Å². The molecule has 0 heterocycles. The third-order valence-electron chi connectivity index (χ3n) is 6.00. The molecule has 0 aromatic heterocycles. The van der Waals surface area contributed by atoms with Gasteiger partial charge in [-0.1, -0.05) is 6.08 Å². The third-order valence-corrected chi connectivity index (χ3v) is 7.75. The van der Waals surface area contributed by atoms with Crippen LogP contribution >= 0.6 is 0 Å². The zero-order valence-corrected chi connectivity index (χ0v) is 17.3. The fraction of sp³-hybridized carbons (Fsp3) is 0.429. The van der Waals surface area contributed by atoms with Crippen LogP contribution in [0.3, 0.4) is 0 Å². The molecule has 1 atom stereocenters. The number of anilines is 1. The molecule has 0 bridgehead atoms. The van der Waals surface area contributed by atoms with Crippen LogP contribution in [0, 0.1) is 22.0 Å². The highest BCUT2D eigenvalue weighted by Crippen LogP contribution is 2.45. The minimum atomic E-state index is -4.16. The highest BCUT2D eigenvalue weighted by molar-refractivity contribution is 7.95. The Morgan fingerprint density at radius 1 is 1.23 bits per heavy atom. The van der Waals surface area contributed by atoms with Crippen LogP contribution in [-0.2, 0) is 9.84 Å². The molecular formula is C21H21F3N2O4S. The van der Waals surface area contributed by atoms with E-state index in [1.165, 1.54) is 18.2 Å². The Bertz CT molecular complexity index is 1120. The van der Waals surface area contributed by atoms with Crippen molar-refractivity contribution < 1.29 is 26.5 Å². The number of halogens is 3. The Morgan fingerprint density at radius 2 is 1.94 bits per heavy atom. The minimum absolute atomic E-state index is 0.0497. The number of nitrogens with zero attached hydrogens (tertiary/aromatic N) is 1. The third kappa shape index (κ3) is 4.53. The first-order chi connectivity index (χ1) is 14.6. The van der Waals surface area contributed by atoms with Gasteiger partial charge in [0.1, 0.15) is 11.5 Å². The van der Waals surface area contributed by atoms with Gasteiger partial charge in [-0.25, -0.2) is 21.6 Å². The van der Waals surface area contributed by atoms with Crippen molar-refractivity contribution in [2.75, 3.05) is 11.9 Å². The maximum atomic E-state index is 14.1. The van der Waals surface area contributed by atoms with Crippen molar-refractivity contribution in [3.05, 3.63) is 62.8 Å². The van der Waals surface area contributed by atoms with Crippen LogP contribution in [-0.4, -0.2) is 25.8 Å². The number of alkyl halides is 2. The summed E-state index contributed by atoms with van der Waals surface area (Å²) in [6.07, 6.45) is 4.65. The SMILES string of the molecule is O=[N+]([O-])c1cc(S(=O)(=O)C2=CC(F)=C3CC3C=C2)ccc1NCC1CCC(F)(F)CC1. The summed E-state index contributed by atoms with van der Waals surface area (Å²) in [5, 5.41) is 14.4. The molecule has 2 fully saturated rings. The molecule has 31 heavy (non-hydrogen) atoms. The molecule has 0 spiro atoms. The molecule has 0 aliphatic heterocycles. The monoisotopic (exact) mass is 454 g/mol. The lowest BCUT2D eigenvalue weighted by molar-refractivity contribution is -0.384. The van der Waals surface area contributed by atoms with E-state index in [0.717, 1.165) is 12.1 Å². The van der Waals surface area contributed by atoms with Gasteiger partial charge in [-0.2, -0.15) is 0 Å². The Hall–Kier alpha value is -2.62. The molecule has 2 saturated carbocycles. The number of rotatable bonds is 6. The lowest BCUT2D eigenvalue weighted by atomic mass is 9.87. The zero-order chi connectivity index (χ0) is 22.4. The van der Waals surface area contributed by atoms with Crippen LogP contribution in [0.25, 0.3) is 0 Å². The molecule has 0 radical (unpaired) electrons. The van der Waals surface area contributed by atoms with E-state index in [1.807, 2.05) is 0 Å². The van der Waals surface area contributed by atoms with Crippen molar-refractivity contribution in [3.8, 4) is 0 Å². The van der Waals surface area contributed by atoms with Gasteiger partial charge >= 0.3 is 0 Å². The Kier molecular flexibility index (Phi) is 5.45. The summed E-state index contributed by atoms with van der Waals surface area (Å²) in [7, 11) is -4.16. The number of benzene rings is 1. The van der Waals surface area contributed by atoms with Crippen molar-refractivity contribution >= 4 is 21.2 Å². The van der Waals surface area contributed by atoms with E-state index in [4.69, 9.17) is 0 Å². The fourth-order valence-corrected chi connectivity index (χ4v) is 5.26. The number of sulfone groups is 1. The first-order valence-corrected chi connectivity index (χ1v) is 11.5. The predicted octanol–water partition coefficient (Wildman–Crippen LogP) is 5.30. The predicted molar refractivity (Wildman–Crippen MR) is 109 cm³/mol. The van der Waals surface area contributed by atoms with Crippen molar-refractivity contribution in [2.45, 2.75) is 42.9 Å². The van der Waals surface area contributed by atoms with Crippen LogP contribution in [0.2, 0.25) is 0 Å². The highest BCUT2D eigenvalue weighted by atomic mass is 32.2.